The molecule has 4 nitrogen and oxygen atoms in total. The van der Waals surface area contributed by atoms with E-state index in [1.807, 2.05) is 0 Å². The fourth-order valence-electron chi connectivity index (χ4n) is 1.17. The third kappa shape index (κ3) is 1.25. The molecule has 0 atom stereocenters. The van der Waals surface area contributed by atoms with Crippen molar-refractivity contribution in [1.82, 2.24) is 14.8 Å². The monoisotopic (exact) mass is 239 g/mol. The Labute approximate surface area is 82.3 Å². The molecule has 0 N–H and O–H groups in total. The molecule has 2 rings (SSSR count). The van der Waals surface area contributed by atoms with Crippen LogP contribution in [0.3, 0.4) is 0 Å². The van der Waals surface area contributed by atoms with E-state index in [1.54, 1.807) is 19.4 Å². The van der Waals surface area contributed by atoms with E-state index in [-0.39, 0.29) is 5.56 Å². The quantitative estimate of drug-likeness (QED) is 0.692. The van der Waals surface area contributed by atoms with Gasteiger partial charge in [0.05, 0.1) is 17.8 Å². The number of halogens is 1. The van der Waals surface area contributed by atoms with Crippen LogP contribution in [-0.2, 0) is 7.05 Å². The minimum Gasteiger partial charge on any atom is -0.317 e. The Morgan fingerprint density at radius 3 is 2.62 bits per heavy atom. The number of nitrogens with zero attached hydrogens (tertiary/aromatic N) is 3. The highest BCUT2D eigenvalue weighted by Gasteiger charge is 2.04. The molecule has 0 saturated heterocycles. The molecule has 0 fully saturated rings. The van der Waals surface area contributed by atoms with E-state index in [0.717, 1.165) is 9.86 Å². The average molecular weight is 240 g/mol. The van der Waals surface area contributed by atoms with Gasteiger partial charge in [-0.3, -0.25) is 4.79 Å². The van der Waals surface area contributed by atoms with Gasteiger partial charge in [-0.25, -0.2) is 0 Å². The second-order valence-corrected chi connectivity index (χ2v) is 3.56. The summed E-state index contributed by atoms with van der Waals surface area (Å²) in [7, 11) is 1.70. The van der Waals surface area contributed by atoms with Crippen LogP contribution in [-0.4, -0.2) is 14.8 Å². The number of aryl methyl sites for hydroxylation is 1. The van der Waals surface area contributed by atoms with Crippen LogP contribution in [0.25, 0.3) is 10.8 Å². The van der Waals surface area contributed by atoms with Gasteiger partial charge in [-0.2, -0.15) is 10.2 Å². The predicted molar refractivity (Wildman–Crippen MR) is 52.5 cm³/mol. The maximum absolute atomic E-state index is 11.6. The van der Waals surface area contributed by atoms with E-state index < -0.39 is 0 Å². The van der Waals surface area contributed by atoms with Gasteiger partial charge >= 0.3 is 0 Å². The summed E-state index contributed by atoms with van der Waals surface area (Å²) in [4.78, 5) is 11.6. The maximum atomic E-state index is 11.6. The molecule has 0 radical (unpaired) electrons. The van der Waals surface area contributed by atoms with Gasteiger partial charge in [-0.05, 0) is 15.9 Å². The molecule has 0 saturated carbocycles. The molecular weight excluding hydrogens is 234 g/mol. The van der Waals surface area contributed by atoms with Crippen molar-refractivity contribution in [2.75, 3.05) is 0 Å². The molecule has 13 heavy (non-hydrogen) atoms. The third-order valence-electron chi connectivity index (χ3n) is 1.85. The molecule has 0 unspecified atom stereocenters. The van der Waals surface area contributed by atoms with E-state index in [4.69, 9.17) is 0 Å². The highest BCUT2D eigenvalue weighted by Crippen LogP contribution is 2.18. The Hall–Kier alpha value is -1.23. The SMILES string of the molecule is Cn1cc(Br)c2cnncc2c1=O. The number of rotatable bonds is 0. The Morgan fingerprint density at radius 1 is 1.31 bits per heavy atom. The van der Waals surface area contributed by atoms with Crippen molar-refractivity contribution in [3.63, 3.8) is 0 Å². The molecule has 0 bridgehead atoms. The number of hydrogen-bond donors (Lipinski definition) is 0. The van der Waals surface area contributed by atoms with Crippen LogP contribution in [0.5, 0.6) is 0 Å². The summed E-state index contributed by atoms with van der Waals surface area (Å²) >= 11 is 3.35. The first-order chi connectivity index (χ1) is 6.20. The van der Waals surface area contributed by atoms with Crippen LogP contribution in [0.4, 0.5) is 0 Å². The largest absolute Gasteiger partial charge is 0.317 e. The minimum atomic E-state index is -0.0619. The summed E-state index contributed by atoms with van der Waals surface area (Å²) in [5.74, 6) is 0. The number of hydrogen-bond acceptors (Lipinski definition) is 3. The second kappa shape index (κ2) is 2.92. The normalized spacial score (nSPS) is 10.6. The minimum absolute atomic E-state index is 0.0619. The average Bonchev–Trinajstić information content (AvgIpc) is 2.15. The van der Waals surface area contributed by atoms with Crippen molar-refractivity contribution < 1.29 is 0 Å². The van der Waals surface area contributed by atoms with Gasteiger partial charge in [0, 0.05) is 23.1 Å². The van der Waals surface area contributed by atoms with E-state index in [2.05, 4.69) is 26.1 Å². The van der Waals surface area contributed by atoms with Crippen LogP contribution in [0.15, 0.2) is 27.9 Å². The molecule has 0 aliphatic carbocycles. The van der Waals surface area contributed by atoms with Crippen molar-refractivity contribution in [3.8, 4) is 0 Å². The Balaban J connectivity index is 3.06. The fraction of sp³-hybridized carbons (Fsp3) is 0.125. The summed E-state index contributed by atoms with van der Waals surface area (Å²) in [6, 6.07) is 0. The lowest BCUT2D eigenvalue weighted by Gasteiger charge is -2.01. The van der Waals surface area contributed by atoms with E-state index in [1.165, 1.54) is 10.8 Å². The number of fused-ring (bicyclic) bond motifs is 1. The highest BCUT2D eigenvalue weighted by atomic mass is 79.9. The van der Waals surface area contributed by atoms with Gasteiger partial charge in [-0.15, -0.1) is 0 Å². The van der Waals surface area contributed by atoms with Crippen molar-refractivity contribution in [2.24, 2.45) is 7.05 Å². The zero-order valence-electron chi connectivity index (χ0n) is 6.86. The molecule has 0 amide bonds. The lowest BCUT2D eigenvalue weighted by atomic mass is 10.2. The summed E-state index contributed by atoms with van der Waals surface area (Å²) < 4.78 is 2.35. The van der Waals surface area contributed by atoms with Crippen molar-refractivity contribution in [3.05, 3.63) is 33.4 Å². The van der Waals surface area contributed by atoms with E-state index >= 15 is 0 Å². The van der Waals surface area contributed by atoms with Gasteiger partial charge in [0.15, 0.2) is 0 Å². The van der Waals surface area contributed by atoms with Crippen LogP contribution < -0.4 is 5.56 Å². The van der Waals surface area contributed by atoms with Gasteiger partial charge in [0.25, 0.3) is 5.56 Å². The van der Waals surface area contributed by atoms with Gasteiger partial charge in [-0.1, -0.05) is 0 Å². The Bertz CT molecular complexity index is 520. The lowest BCUT2D eigenvalue weighted by molar-refractivity contribution is 0.866. The molecule has 0 aliphatic heterocycles. The van der Waals surface area contributed by atoms with Crippen LogP contribution in [0.1, 0.15) is 0 Å². The fourth-order valence-corrected chi connectivity index (χ4v) is 1.79. The summed E-state index contributed by atoms with van der Waals surface area (Å²) in [6.07, 6.45) is 4.76. The second-order valence-electron chi connectivity index (χ2n) is 2.71. The molecule has 0 aliphatic rings. The molecular formula is C8H6BrN3O. The van der Waals surface area contributed by atoms with E-state index in [0.29, 0.717) is 5.39 Å². The van der Waals surface area contributed by atoms with Crippen LogP contribution >= 0.6 is 15.9 Å². The zero-order chi connectivity index (χ0) is 9.42. The van der Waals surface area contributed by atoms with Crippen LogP contribution in [0, 0.1) is 0 Å². The smallest absolute Gasteiger partial charge is 0.259 e. The van der Waals surface area contributed by atoms with Gasteiger partial charge < -0.3 is 4.57 Å². The first-order valence-electron chi connectivity index (χ1n) is 3.65. The lowest BCUT2D eigenvalue weighted by Crippen LogP contribution is -2.16. The van der Waals surface area contributed by atoms with Gasteiger partial charge in [0.1, 0.15) is 0 Å². The number of pyridine rings is 1. The summed E-state index contributed by atoms with van der Waals surface area (Å²) in [6.45, 7) is 0. The van der Waals surface area contributed by atoms with Crippen molar-refractivity contribution in [2.45, 2.75) is 0 Å². The predicted octanol–water partition coefficient (Wildman–Crippen LogP) is 1.09. The topological polar surface area (TPSA) is 47.8 Å². The van der Waals surface area contributed by atoms with Crippen LogP contribution in [0.2, 0.25) is 0 Å². The molecule has 2 aromatic rings. The first-order valence-corrected chi connectivity index (χ1v) is 4.45. The molecule has 0 aromatic carbocycles. The molecule has 5 heteroatoms. The van der Waals surface area contributed by atoms with Crippen molar-refractivity contribution >= 4 is 26.7 Å². The molecule has 2 heterocycles. The zero-order valence-corrected chi connectivity index (χ0v) is 8.45. The molecule has 66 valence electrons. The van der Waals surface area contributed by atoms with Crippen molar-refractivity contribution in [1.29, 1.82) is 0 Å². The standard InChI is InChI=1S/C8H6BrN3O/c1-12-4-7(9)5-2-10-11-3-6(5)8(12)13/h2-4H,1H3. The number of aromatic nitrogens is 3. The highest BCUT2D eigenvalue weighted by molar-refractivity contribution is 9.10. The Morgan fingerprint density at radius 2 is 1.92 bits per heavy atom. The summed E-state index contributed by atoms with van der Waals surface area (Å²) in [5, 5.41) is 8.75. The third-order valence-corrected chi connectivity index (χ3v) is 2.48. The molecule has 0 spiro atoms. The maximum Gasteiger partial charge on any atom is 0.259 e. The molecule has 2 aromatic heterocycles. The van der Waals surface area contributed by atoms with E-state index in [9.17, 15) is 4.79 Å². The summed E-state index contributed by atoms with van der Waals surface area (Å²) in [5.41, 5.74) is -0.0619. The first kappa shape index (κ1) is 8.37. The Kier molecular flexibility index (Phi) is 1.88. The van der Waals surface area contributed by atoms with Gasteiger partial charge in [0.2, 0.25) is 0 Å².